The summed E-state index contributed by atoms with van der Waals surface area (Å²) in [5.74, 6) is 1.86. The van der Waals surface area contributed by atoms with E-state index in [0.29, 0.717) is 0 Å². The number of aromatic nitrogens is 3. The Balaban J connectivity index is 0.00000320. The van der Waals surface area contributed by atoms with Crippen LogP contribution in [0.5, 0.6) is 0 Å². The van der Waals surface area contributed by atoms with E-state index in [2.05, 4.69) is 63.2 Å². The topological polar surface area (TPSA) is 79.6 Å². The fourth-order valence-corrected chi connectivity index (χ4v) is 4.46. The third-order valence-electron chi connectivity index (χ3n) is 5.00. The number of guanidine groups is 1. The quantitative estimate of drug-likeness (QED) is 0.286. The van der Waals surface area contributed by atoms with E-state index in [1.807, 2.05) is 11.3 Å². The number of morpholine rings is 1. The maximum Gasteiger partial charge on any atom is 0.191 e. The Kier molecular flexibility index (Phi) is 11.0. The molecule has 1 unspecified atom stereocenters. The zero-order valence-electron chi connectivity index (χ0n) is 18.1. The van der Waals surface area contributed by atoms with Crippen LogP contribution in [0.1, 0.15) is 35.5 Å². The van der Waals surface area contributed by atoms with E-state index in [1.165, 1.54) is 9.75 Å². The van der Waals surface area contributed by atoms with E-state index in [-0.39, 0.29) is 30.0 Å². The van der Waals surface area contributed by atoms with Gasteiger partial charge in [0.05, 0.1) is 25.8 Å². The molecule has 0 bridgehead atoms. The maximum atomic E-state index is 5.55. The molecule has 168 valence electrons. The van der Waals surface area contributed by atoms with E-state index in [9.17, 15) is 0 Å². The largest absolute Gasteiger partial charge is 0.379 e. The highest BCUT2D eigenvalue weighted by molar-refractivity contribution is 14.0. The number of nitrogens with zero attached hydrogens (tertiary/aromatic N) is 5. The molecule has 3 rings (SSSR count). The van der Waals surface area contributed by atoms with Crippen molar-refractivity contribution in [2.24, 2.45) is 4.99 Å². The second-order valence-corrected chi connectivity index (χ2v) is 8.37. The minimum Gasteiger partial charge on any atom is -0.379 e. The number of hydrogen-bond acceptors (Lipinski definition) is 6. The lowest BCUT2D eigenvalue weighted by Crippen LogP contribution is -2.42. The number of rotatable bonds is 9. The van der Waals surface area contributed by atoms with Gasteiger partial charge in [-0.15, -0.1) is 45.5 Å². The Morgan fingerprint density at radius 1 is 1.27 bits per heavy atom. The molecule has 10 heteroatoms. The Labute approximate surface area is 200 Å². The van der Waals surface area contributed by atoms with Gasteiger partial charge >= 0.3 is 0 Å². The van der Waals surface area contributed by atoms with Crippen LogP contribution in [0, 0.1) is 6.92 Å². The molecular formula is C20H34IN7OS. The van der Waals surface area contributed by atoms with Crippen LogP contribution >= 0.6 is 35.3 Å². The SMILES string of the molecule is CCNC(=NCC(c1ccc(C)s1)N1CCOCC1)NCCn1cnnc1CC.I. The molecule has 30 heavy (non-hydrogen) atoms. The molecule has 0 amide bonds. The highest BCUT2D eigenvalue weighted by atomic mass is 127. The summed E-state index contributed by atoms with van der Waals surface area (Å²) in [6, 6.07) is 4.73. The first-order chi connectivity index (χ1) is 14.2. The van der Waals surface area contributed by atoms with Crippen LogP contribution in [0.4, 0.5) is 0 Å². The van der Waals surface area contributed by atoms with E-state index in [4.69, 9.17) is 9.73 Å². The fraction of sp³-hybridized carbons (Fsp3) is 0.650. The van der Waals surface area contributed by atoms with Crippen LogP contribution in [0.25, 0.3) is 0 Å². The summed E-state index contributed by atoms with van der Waals surface area (Å²) in [6.07, 6.45) is 2.67. The molecule has 1 aliphatic heterocycles. The number of thiophene rings is 1. The maximum absolute atomic E-state index is 5.55. The first-order valence-electron chi connectivity index (χ1n) is 10.5. The van der Waals surface area contributed by atoms with Gasteiger partial charge in [0.2, 0.25) is 0 Å². The van der Waals surface area contributed by atoms with Gasteiger partial charge in [-0.05, 0) is 26.0 Å². The second kappa shape index (κ2) is 13.2. The Bertz CT molecular complexity index is 773. The molecule has 1 atom stereocenters. The summed E-state index contributed by atoms with van der Waals surface area (Å²) in [4.78, 5) is 10.1. The van der Waals surface area contributed by atoms with Crippen molar-refractivity contribution in [3.05, 3.63) is 34.0 Å². The normalized spacial score (nSPS) is 16.2. The molecule has 1 saturated heterocycles. The van der Waals surface area contributed by atoms with Crippen molar-refractivity contribution in [1.29, 1.82) is 0 Å². The van der Waals surface area contributed by atoms with Gasteiger partial charge in [-0.25, -0.2) is 0 Å². The summed E-state index contributed by atoms with van der Waals surface area (Å²) in [7, 11) is 0. The molecule has 2 aromatic heterocycles. The lowest BCUT2D eigenvalue weighted by atomic mass is 10.2. The first-order valence-corrected chi connectivity index (χ1v) is 11.3. The predicted octanol–water partition coefficient (Wildman–Crippen LogP) is 2.46. The van der Waals surface area contributed by atoms with Crippen LogP contribution in [0.2, 0.25) is 0 Å². The molecule has 0 spiro atoms. The second-order valence-electron chi connectivity index (χ2n) is 7.05. The molecule has 1 fully saturated rings. The number of hydrogen-bond donors (Lipinski definition) is 2. The molecule has 0 aromatic carbocycles. The van der Waals surface area contributed by atoms with Gasteiger partial charge in [0, 0.05) is 48.9 Å². The van der Waals surface area contributed by atoms with Crippen molar-refractivity contribution >= 4 is 41.3 Å². The average molecular weight is 548 g/mol. The Hall–Kier alpha value is -1.24. The van der Waals surface area contributed by atoms with E-state index in [1.54, 1.807) is 6.33 Å². The first kappa shape index (κ1) is 25.0. The van der Waals surface area contributed by atoms with Crippen molar-refractivity contribution in [2.75, 3.05) is 45.9 Å². The van der Waals surface area contributed by atoms with Crippen molar-refractivity contribution in [3.63, 3.8) is 0 Å². The molecule has 2 aromatic rings. The van der Waals surface area contributed by atoms with Gasteiger partial charge in [0.1, 0.15) is 12.2 Å². The number of ether oxygens (including phenoxy) is 1. The summed E-state index contributed by atoms with van der Waals surface area (Å²) in [5.41, 5.74) is 0. The standard InChI is InChI=1S/C20H33N7OS.HI/c1-4-19-25-24-15-27(19)9-8-22-20(21-5-2)23-14-17(18-7-6-16(3)29-18)26-10-12-28-13-11-26;/h6-7,15,17H,4-5,8-14H2,1-3H3,(H2,21,22,23);1H. The van der Waals surface area contributed by atoms with Crippen LogP contribution in [0.15, 0.2) is 23.5 Å². The number of nitrogens with one attached hydrogen (secondary N) is 2. The lowest BCUT2D eigenvalue weighted by molar-refractivity contribution is 0.0186. The molecule has 2 N–H and O–H groups in total. The molecule has 8 nitrogen and oxygen atoms in total. The highest BCUT2D eigenvalue weighted by Crippen LogP contribution is 2.28. The molecule has 0 radical (unpaired) electrons. The van der Waals surface area contributed by atoms with Gasteiger partial charge in [0.15, 0.2) is 5.96 Å². The van der Waals surface area contributed by atoms with Gasteiger partial charge in [-0.1, -0.05) is 6.92 Å². The Morgan fingerprint density at radius 2 is 2.07 bits per heavy atom. The molecule has 0 saturated carbocycles. The number of halogens is 1. The van der Waals surface area contributed by atoms with Crippen LogP contribution in [0.3, 0.4) is 0 Å². The summed E-state index contributed by atoms with van der Waals surface area (Å²) < 4.78 is 7.64. The zero-order chi connectivity index (χ0) is 20.5. The van der Waals surface area contributed by atoms with Crippen LogP contribution in [-0.2, 0) is 17.7 Å². The van der Waals surface area contributed by atoms with Crippen LogP contribution < -0.4 is 10.6 Å². The number of aryl methyl sites for hydroxylation is 2. The summed E-state index contributed by atoms with van der Waals surface area (Å²) in [6.45, 7) is 13.0. The molecule has 1 aliphatic rings. The smallest absolute Gasteiger partial charge is 0.191 e. The van der Waals surface area contributed by atoms with Crippen LogP contribution in [-0.4, -0.2) is 71.6 Å². The molecule has 3 heterocycles. The van der Waals surface area contributed by atoms with Gasteiger partial charge < -0.3 is 19.9 Å². The zero-order valence-corrected chi connectivity index (χ0v) is 21.3. The van der Waals surface area contributed by atoms with E-state index >= 15 is 0 Å². The fourth-order valence-electron chi connectivity index (χ4n) is 3.46. The summed E-state index contributed by atoms with van der Waals surface area (Å²) in [5, 5.41) is 15.0. The predicted molar refractivity (Wildman–Crippen MR) is 133 cm³/mol. The minimum atomic E-state index is 0. The Morgan fingerprint density at radius 3 is 2.73 bits per heavy atom. The average Bonchev–Trinajstić information content (AvgIpc) is 3.37. The van der Waals surface area contributed by atoms with Gasteiger partial charge in [-0.2, -0.15) is 0 Å². The number of aliphatic imine (C=N–C) groups is 1. The highest BCUT2D eigenvalue weighted by Gasteiger charge is 2.23. The van der Waals surface area contributed by atoms with Gasteiger partial charge in [-0.3, -0.25) is 9.89 Å². The lowest BCUT2D eigenvalue weighted by Gasteiger charge is -2.33. The van der Waals surface area contributed by atoms with E-state index in [0.717, 1.165) is 70.7 Å². The summed E-state index contributed by atoms with van der Waals surface area (Å²) >= 11 is 1.86. The monoisotopic (exact) mass is 547 g/mol. The van der Waals surface area contributed by atoms with Crippen molar-refractivity contribution in [1.82, 2.24) is 30.3 Å². The minimum absolute atomic E-state index is 0. The van der Waals surface area contributed by atoms with Crippen molar-refractivity contribution in [3.8, 4) is 0 Å². The van der Waals surface area contributed by atoms with E-state index < -0.39 is 0 Å². The van der Waals surface area contributed by atoms with Gasteiger partial charge in [0.25, 0.3) is 0 Å². The van der Waals surface area contributed by atoms with Crippen molar-refractivity contribution in [2.45, 2.75) is 39.8 Å². The third kappa shape index (κ3) is 7.17. The third-order valence-corrected chi connectivity index (χ3v) is 6.10. The molecule has 0 aliphatic carbocycles. The van der Waals surface area contributed by atoms with Crippen molar-refractivity contribution < 1.29 is 4.74 Å². The molecular weight excluding hydrogens is 513 g/mol.